The summed E-state index contributed by atoms with van der Waals surface area (Å²) in [6, 6.07) is 0. The zero-order valence-electron chi connectivity index (χ0n) is 51.0. The first-order valence-electron chi connectivity index (χ1n) is 33.1. The number of carbonyl (C=O) groups excluding carboxylic acids is 3. The maximum absolute atomic E-state index is 12.8. The SMILES string of the molecule is CC/C=C\C/C=C\C/C=C\C/C=C\C/C=C\C/C=C\CCCCCCCCCCCCCCCCCCC(=O)OCC(COC(=O)CCCCCCCC)OC(=O)CCCCCCCCC/C=C\CCCCCCCCC. The van der Waals surface area contributed by atoms with Gasteiger partial charge < -0.3 is 14.2 Å². The van der Waals surface area contributed by atoms with Crippen molar-refractivity contribution in [3.63, 3.8) is 0 Å². The van der Waals surface area contributed by atoms with E-state index in [1.54, 1.807) is 0 Å². The van der Waals surface area contributed by atoms with Gasteiger partial charge >= 0.3 is 17.9 Å². The second-order valence-corrected chi connectivity index (χ2v) is 22.0. The summed E-state index contributed by atoms with van der Waals surface area (Å²) in [5.74, 6) is -0.875. The van der Waals surface area contributed by atoms with Crippen molar-refractivity contribution in [2.24, 2.45) is 0 Å². The fourth-order valence-electron chi connectivity index (χ4n) is 9.44. The van der Waals surface area contributed by atoms with E-state index in [0.717, 1.165) is 96.3 Å². The summed E-state index contributed by atoms with van der Waals surface area (Å²) >= 11 is 0. The largest absolute Gasteiger partial charge is 0.462 e. The highest BCUT2D eigenvalue weighted by Crippen LogP contribution is 2.17. The highest BCUT2D eigenvalue weighted by atomic mass is 16.6. The van der Waals surface area contributed by atoms with Crippen molar-refractivity contribution in [3.05, 3.63) is 85.1 Å². The Morgan fingerprint density at radius 2 is 0.506 bits per heavy atom. The van der Waals surface area contributed by atoms with E-state index in [4.69, 9.17) is 14.2 Å². The Balaban J connectivity index is 3.98. The molecule has 0 aliphatic carbocycles. The Morgan fingerprint density at radius 3 is 0.805 bits per heavy atom. The van der Waals surface area contributed by atoms with Gasteiger partial charge in [-0.2, -0.15) is 0 Å². The lowest BCUT2D eigenvalue weighted by molar-refractivity contribution is -0.167. The third-order valence-corrected chi connectivity index (χ3v) is 14.4. The molecule has 1 atom stereocenters. The molecule has 0 rings (SSSR count). The summed E-state index contributed by atoms with van der Waals surface area (Å²) in [5, 5.41) is 0. The van der Waals surface area contributed by atoms with Crippen LogP contribution in [0, 0.1) is 0 Å². The second kappa shape index (κ2) is 65.1. The smallest absolute Gasteiger partial charge is 0.306 e. The van der Waals surface area contributed by atoms with E-state index < -0.39 is 6.10 Å². The minimum Gasteiger partial charge on any atom is -0.462 e. The van der Waals surface area contributed by atoms with E-state index in [1.807, 2.05) is 0 Å². The van der Waals surface area contributed by atoms with Gasteiger partial charge in [0, 0.05) is 19.3 Å². The molecule has 0 aromatic carbocycles. The van der Waals surface area contributed by atoms with E-state index >= 15 is 0 Å². The summed E-state index contributed by atoms with van der Waals surface area (Å²) in [5.41, 5.74) is 0. The lowest BCUT2D eigenvalue weighted by Gasteiger charge is -2.18. The summed E-state index contributed by atoms with van der Waals surface area (Å²) in [7, 11) is 0. The van der Waals surface area contributed by atoms with Crippen LogP contribution < -0.4 is 0 Å². The second-order valence-electron chi connectivity index (χ2n) is 22.0. The van der Waals surface area contributed by atoms with E-state index in [1.165, 1.54) is 193 Å². The Bertz CT molecular complexity index is 1470. The van der Waals surface area contributed by atoms with Crippen LogP contribution >= 0.6 is 0 Å². The molecule has 77 heavy (non-hydrogen) atoms. The molecule has 0 aliphatic rings. The molecule has 0 aromatic heterocycles. The third kappa shape index (κ3) is 63.3. The van der Waals surface area contributed by atoms with Crippen LogP contribution in [0.1, 0.15) is 329 Å². The van der Waals surface area contributed by atoms with Crippen molar-refractivity contribution < 1.29 is 28.6 Å². The first kappa shape index (κ1) is 73.6. The maximum Gasteiger partial charge on any atom is 0.306 e. The zero-order valence-corrected chi connectivity index (χ0v) is 51.0. The van der Waals surface area contributed by atoms with Crippen LogP contribution in [0.3, 0.4) is 0 Å². The van der Waals surface area contributed by atoms with Gasteiger partial charge in [-0.25, -0.2) is 0 Å². The molecule has 0 saturated heterocycles. The lowest BCUT2D eigenvalue weighted by atomic mass is 10.0. The molecule has 0 saturated carbocycles. The van der Waals surface area contributed by atoms with Gasteiger partial charge in [-0.1, -0.05) is 298 Å². The predicted octanol–water partition coefficient (Wildman–Crippen LogP) is 22.7. The van der Waals surface area contributed by atoms with E-state index in [2.05, 4.69) is 106 Å². The highest BCUT2D eigenvalue weighted by Gasteiger charge is 2.19. The number of allylic oxidation sites excluding steroid dienone is 14. The summed E-state index contributed by atoms with van der Waals surface area (Å²) in [4.78, 5) is 38.0. The van der Waals surface area contributed by atoms with Gasteiger partial charge in [0.15, 0.2) is 6.10 Å². The lowest BCUT2D eigenvalue weighted by Crippen LogP contribution is -2.30. The van der Waals surface area contributed by atoms with Crippen LogP contribution in [0.5, 0.6) is 0 Å². The van der Waals surface area contributed by atoms with Crippen molar-refractivity contribution in [1.82, 2.24) is 0 Å². The van der Waals surface area contributed by atoms with Gasteiger partial charge in [0.25, 0.3) is 0 Å². The predicted molar refractivity (Wildman–Crippen MR) is 334 cm³/mol. The van der Waals surface area contributed by atoms with Crippen LogP contribution in [0.15, 0.2) is 85.1 Å². The fraction of sp³-hybridized carbons (Fsp3) is 0.761. The van der Waals surface area contributed by atoms with Crippen molar-refractivity contribution in [1.29, 1.82) is 0 Å². The molecule has 0 aromatic rings. The van der Waals surface area contributed by atoms with Crippen molar-refractivity contribution in [2.75, 3.05) is 13.2 Å². The van der Waals surface area contributed by atoms with Crippen LogP contribution in [0.4, 0.5) is 0 Å². The van der Waals surface area contributed by atoms with Crippen LogP contribution in [0.25, 0.3) is 0 Å². The van der Waals surface area contributed by atoms with Gasteiger partial charge in [0.1, 0.15) is 13.2 Å². The molecule has 0 fully saturated rings. The molecule has 444 valence electrons. The number of hydrogen-bond acceptors (Lipinski definition) is 6. The first-order valence-corrected chi connectivity index (χ1v) is 33.1. The van der Waals surface area contributed by atoms with Gasteiger partial charge in [-0.3, -0.25) is 14.4 Å². The number of hydrogen-bond donors (Lipinski definition) is 0. The molecule has 0 radical (unpaired) electrons. The van der Waals surface area contributed by atoms with Gasteiger partial charge in [0.05, 0.1) is 0 Å². The Kier molecular flexibility index (Phi) is 62.2. The zero-order chi connectivity index (χ0) is 55.7. The van der Waals surface area contributed by atoms with E-state index in [0.29, 0.717) is 19.3 Å². The van der Waals surface area contributed by atoms with E-state index in [9.17, 15) is 14.4 Å². The van der Waals surface area contributed by atoms with Crippen LogP contribution in [-0.4, -0.2) is 37.2 Å². The number of carbonyl (C=O) groups is 3. The maximum atomic E-state index is 12.8. The van der Waals surface area contributed by atoms with Crippen LogP contribution in [-0.2, 0) is 28.6 Å². The van der Waals surface area contributed by atoms with E-state index in [-0.39, 0.29) is 31.1 Å². The topological polar surface area (TPSA) is 78.9 Å². The Labute approximate surface area is 477 Å². The first-order chi connectivity index (χ1) is 38.0. The minimum atomic E-state index is -0.773. The van der Waals surface area contributed by atoms with Gasteiger partial charge in [-0.05, 0) is 96.3 Å². The average Bonchev–Trinajstić information content (AvgIpc) is 3.43. The molecule has 0 heterocycles. The molecule has 0 amide bonds. The molecular formula is C71H124O6. The Hall–Kier alpha value is -3.41. The molecular weight excluding hydrogens is 949 g/mol. The molecule has 0 spiro atoms. The Morgan fingerprint density at radius 1 is 0.273 bits per heavy atom. The summed E-state index contributed by atoms with van der Waals surface area (Å²) in [6.45, 7) is 6.49. The van der Waals surface area contributed by atoms with Gasteiger partial charge in [-0.15, -0.1) is 0 Å². The monoisotopic (exact) mass is 1070 g/mol. The van der Waals surface area contributed by atoms with Gasteiger partial charge in [0.2, 0.25) is 0 Å². The van der Waals surface area contributed by atoms with Crippen molar-refractivity contribution in [2.45, 2.75) is 335 Å². The molecule has 6 nitrogen and oxygen atoms in total. The minimum absolute atomic E-state index is 0.0739. The molecule has 0 bridgehead atoms. The summed E-state index contributed by atoms with van der Waals surface area (Å²) < 4.78 is 16.8. The van der Waals surface area contributed by atoms with Crippen molar-refractivity contribution in [3.8, 4) is 0 Å². The molecule has 0 N–H and O–H groups in total. The molecule has 6 heteroatoms. The quantitative estimate of drug-likeness (QED) is 0.0261. The fourth-order valence-corrected chi connectivity index (χ4v) is 9.44. The molecule has 1 unspecified atom stereocenters. The number of rotatable bonds is 60. The summed E-state index contributed by atoms with van der Waals surface area (Å²) in [6.07, 6.45) is 86.4. The highest BCUT2D eigenvalue weighted by molar-refractivity contribution is 5.71. The number of unbranched alkanes of at least 4 members (excludes halogenated alkanes) is 35. The average molecular weight is 1070 g/mol. The normalized spacial score (nSPS) is 12.6. The number of esters is 3. The van der Waals surface area contributed by atoms with Crippen LogP contribution in [0.2, 0.25) is 0 Å². The van der Waals surface area contributed by atoms with Crippen molar-refractivity contribution >= 4 is 17.9 Å². The number of ether oxygens (including phenoxy) is 3. The third-order valence-electron chi connectivity index (χ3n) is 14.4. The molecule has 0 aliphatic heterocycles. The standard InChI is InChI=1S/C71H124O6/c1-4-7-10-13-16-18-20-22-24-26-28-29-30-31-32-33-34-35-36-37-38-39-40-41-42-43-44-46-47-49-51-53-55-58-61-64-70(73)76-67-68(66-75-69(72)63-60-57-15-12-9-6-3)77-71(74)65-62-59-56-54-52-50-48-45-27-25-23-21-19-17-14-11-8-5-2/h7,10,16,18,22,24-25,27-29,31-32,34-35,68H,4-6,8-9,11-15,17,19-21,23,26,30,33,36-67H2,1-3H3/b10-7-,18-16-,24-22-,27-25-,29-28-,32-31-,35-34-.